The van der Waals surface area contributed by atoms with Crippen molar-refractivity contribution in [2.24, 2.45) is 0 Å². The van der Waals surface area contributed by atoms with E-state index in [1.165, 1.54) is 0 Å². The summed E-state index contributed by atoms with van der Waals surface area (Å²) in [6.07, 6.45) is 2.72. The summed E-state index contributed by atoms with van der Waals surface area (Å²) in [5, 5.41) is 12.6. The van der Waals surface area contributed by atoms with Crippen molar-refractivity contribution in [3.8, 4) is 11.5 Å². The van der Waals surface area contributed by atoms with Crippen molar-refractivity contribution in [1.82, 2.24) is 20.1 Å². The number of hydrogen-bond acceptors (Lipinski definition) is 7. The van der Waals surface area contributed by atoms with Gasteiger partial charge in [-0.3, -0.25) is 4.79 Å². The molecule has 1 unspecified atom stereocenters. The van der Waals surface area contributed by atoms with Crippen LogP contribution in [0.4, 0.5) is 0 Å². The maximum absolute atomic E-state index is 12.6. The number of aromatic nitrogens is 3. The zero-order valence-corrected chi connectivity index (χ0v) is 19.1. The van der Waals surface area contributed by atoms with Crippen molar-refractivity contribution >= 4 is 17.7 Å². The summed E-state index contributed by atoms with van der Waals surface area (Å²) in [4.78, 5) is 12.6. The molecule has 0 spiro atoms. The standard InChI is InChI=1S/C24H26N4O4S/c29-23(12-18-8-9-20-21(11-18)32-16-31-20)25-13-22-26-27-24(33-15-19-7-4-10-30-19)28(22)14-17-5-2-1-3-6-17/h1-3,5-6,8-9,11,19H,4,7,10,12-16H2,(H,25,29). The van der Waals surface area contributed by atoms with Crippen molar-refractivity contribution in [2.75, 3.05) is 19.2 Å². The molecule has 0 aliphatic carbocycles. The number of thioether (sulfide) groups is 1. The molecule has 3 aromatic rings. The van der Waals surface area contributed by atoms with E-state index in [1.807, 2.05) is 36.4 Å². The molecule has 1 N–H and O–H groups in total. The first-order valence-electron chi connectivity index (χ1n) is 11.1. The van der Waals surface area contributed by atoms with Crippen molar-refractivity contribution in [3.05, 3.63) is 65.5 Å². The molecule has 1 aromatic heterocycles. The van der Waals surface area contributed by atoms with Crippen LogP contribution in [-0.4, -0.2) is 45.9 Å². The van der Waals surface area contributed by atoms with Crippen molar-refractivity contribution in [3.63, 3.8) is 0 Å². The molecular formula is C24H26N4O4S. The quantitative estimate of drug-likeness (QED) is 0.485. The maximum Gasteiger partial charge on any atom is 0.231 e. The molecule has 8 nitrogen and oxygen atoms in total. The first-order valence-corrected chi connectivity index (χ1v) is 12.1. The lowest BCUT2D eigenvalue weighted by molar-refractivity contribution is -0.120. The van der Waals surface area contributed by atoms with Gasteiger partial charge in [0.15, 0.2) is 22.5 Å². The highest BCUT2D eigenvalue weighted by molar-refractivity contribution is 7.99. The Morgan fingerprint density at radius 1 is 1.09 bits per heavy atom. The third kappa shape index (κ3) is 5.48. The molecular weight excluding hydrogens is 440 g/mol. The summed E-state index contributed by atoms with van der Waals surface area (Å²) >= 11 is 1.66. The van der Waals surface area contributed by atoms with Gasteiger partial charge in [0, 0.05) is 12.4 Å². The Morgan fingerprint density at radius 2 is 1.97 bits per heavy atom. The predicted octanol–water partition coefficient (Wildman–Crippen LogP) is 3.19. The molecule has 172 valence electrons. The highest BCUT2D eigenvalue weighted by Crippen LogP contribution is 2.32. The second kappa shape index (κ2) is 10.3. The minimum absolute atomic E-state index is 0.0864. The van der Waals surface area contributed by atoms with Crippen LogP contribution in [0.3, 0.4) is 0 Å². The molecule has 33 heavy (non-hydrogen) atoms. The van der Waals surface area contributed by atoms with Gasteiger partial charge in [0.1, 0.15) is 0 Å². The largest absolute Gasteiger partial charge is 0.454 e. The van der Waals surface area contributed by atoms with E-state index in [0.717, 1.165) is 47.3 Å². The summed E-state index contributed by atoms with van der Waals surface area (Å²) in [7, 11) is 0. The average molecular weight is 467 g/mol. The normalized spacial score (nSPS) is 16.8. The van der Waals surface area contributed by atoms with E-state index in [0.29, 0.717) is 24.6 Å². The van der Waals surface area contributed by atoms with E-state index in [9.17, 15) is 4.79 Å². The lowest BCUT2D eigenvalue weighted by Crippen LogP contribution is -2.26. The zero-order chi connectivity index (χ0) is 22.5. The zero-order valence-electron chi connectivity index (χ0n) is 18.2. The molecule has 3 heterocycles. The highest BCUT2D eigenvalue weighted by Gasteiger charge is 2.20. The minimum atomic E-state index is -0.0864. The van der Waals surface area contributed by atoms with Crippen LogP contribution in [-0.2, 0) is 29.0 Å². The van der Waals surface area contributed by atoms with E-state index in [2.05, 4.69) is 32.2 Å². The number of carbonyl (C=O) groups is 1. The van der Waals surface area contributed by atoms with Crippen LogP contribution in [0.15, 0.2) is 53.7 Å². The molecule has 2 aromatic carbocycles. The number of amides is 1. The van der Waals surface area contributed by atoms with Crippen LogP contribution in [0.25, 0.3) is 0 Å². The average Bonchev–Trinajstić information content (AvgIpc) is 3.59. The summed E-state index contributed by atoms with van der Waals surface area (Å²) in [6.45, 7) is 2.01. The Morgan fingerprint density at radius 3 is 2.82 bits per heavy atom. The topological polar surface area (TPSA) is 87.5 Å². The molecule has 0 bridgehead atoms. The lowest BCUT2D eigenvalue weighted by Gasteiger charge is -2.13. The van der Waals surface area contributed by atoms with E-state index >= 15 is 0 Å². The fourth-order valence-electron chi connectivity index (χ4n) is 3.90. The lowest BCUT2D eigenvalue weighted by atomic mass is 10.1. The van der Waals surface area contributed by atoms with Crippen LogP contribution < -0.4 is 14.8 Å². The van der Waals surface area contributed by atoms with E-state index in [4.69, 9.17) is 14.2 Å². The molecule has 1 amide bonds. The number of ether oxygens (including phenoxy) is 3. The molecule has 0 radical (unpaired) electrons. The van der Waals surface area contributed by atoms with Crippen molar-refractivity contribution < 1.29 is 19.0 Å². The summed E-state index contributed by atoms with van der Waals surface area (Å²) in [5.74, 6) is 2.88. The van der Waals surface area contributed by atoms with Gasteiger partial charge in [0.05, 0.1) is 25.6 Å². The third-order valence-electron chi connectivity index (χ3n) is 5.64. The predicted molar refractivity (Wildman–Crippen MR) is 123 cm³/mol. The summed E-state index contributed by atoms with van der Waals surface area (Å²) < 4.78 is 18.6. The van der Waals surface area contributed by atoms with Gasteiger partial charge >= 0.3 is 0 Å². The first-order chi connectivity index (χ1) is 16.2. The molecule has 1 saturated heterocycles. The first kappa shape index (κ1) is 21.8. The molecule has 1 atom stereocenters. The van der Waals surface area contributed by atoms with Gasteiger partial charge < -0.3 is 24.1 Å². The molecule has 1 fully saturated rings. The number of rotatable bonds is 9. The van der Waals surface area contributed by atoms with Crippen LogP contribution in [0.1, 0.15) is 29.8 Å². The fraction of sp³-hybridized carbons (Fsp3) is 0.375. The summed E-state index contributed by atoms with van der Waals surface area (Å²) in [6, 6.07) is 15.8. The van der Waals surface area contributed by atoms with Crippen LogP contribution in [0, 0.1) is 0 Å². The van der Waals surface area contributed by atoms with E-state index in [-0.39, 0.29) is 25.2 Å². The van der Waals surface area contributed by atoms with Gasteiger partial charge in [0.2, 0.25) is 12.7 Å². The summed E-state index contributed by atoms with van der Waals surface area (Å²) in [5.41, 5.74) is 2.03. The number of carbonyl (C=O) groups excluding carboxylic acids is 1. The Kier molecular flexibility index (Phi) is 6.78. The smallest absolute Gasteiger partial charge is 0.231 e. The van der Waals surface area contributed by atoms with E-state index in [1.54, 1.807) is 11.8 Å². The van der Waals surface area contributed by atoms with Gasteiger partial charge in [-0.15, -0.1) is 10.2 Å². The molecule has 9 heteroatoms. The van der Waals surface area contributed by atoms with Crippen LogP contribution >= 0.6 is 11.8 Å². The van der Waals surface area contributed by atoms with Gasteiger partial charge in [0.25, 0.3) is 0 Å². The third-order valence-corrected chi connectivity index (χ3v) is 6.74. The maximum atomic E-state index is 12.6. The fourth-order valence-corrected chi connectivity index (χ4v) is 4.92. The SMILES string of the molecule is O=C(Cc1ccc2c(c1)OCO2)NCc1nnc(SCC2CCCO2)n1Cc1ccccc1. The molecule has 0 saturated carbocycles. The second-order valence-corrected chi connectivity index (χ2v) is 9.04. The minimum Gasteiger partial charge on any atom is -0.454 e. The van der Waals surface area contributed by atoms with Crippen LogP contribution in [0.5, 0.6) is 11.5 Å². The number of benzene rings is 2. The van der Waals surface area contributed by atoms with Crippen LogP contribution in [0.2, 0.25) is 0 Å². The van der Waals surface area contributed by atoms with Gasteiger partial charge in [-0.2, -0.15) is 0 Å². The number of fused-ring (bicyclic) bond motifs is 1. The molecule has 5 rings (SSSR count). The number of hydrogen-bond donors (Lipinski definition) is 1. The van der Waals surface area contributed by atoms with Crippen molar-refractivity contribution in [1.29, 1.82) is 0 Å². The Balaban J connectivity index is 1.24. The monoisotopic (exact) mass is 466 g/mol. The van der Waals surface area contributed by atoms with Gasteiger partial charge in [-0.25, -0.2) is 0 Å². The molecule has 2 aliphatic rings. The Bertz CT molecular complexity index is 1100. The van der Waals surface area contributed by atoms with Crippen molar-refractivity contribution in [2.45, 2.75) is 43.6 Å². The number of nitrogens with zero attached hydrogens (tertiary/aromatic N) is 3. The van der Waals surface area contributed by atoms with Gasteiger partial charge in [-0.05, 0) is 36.1 Å². The number of nitrogens with one attached hydrogen (secondary N) is 1. The second-order valence-electron chi connectivity index (χ2n) is 8.06. The van der Waals surface area contributed by atoms with Gasteiger partial charge in [-0.1, -0.05) is 48.2 Å². The highest BCUT2D eigenvalue weighted by atomic mass is 32.2. The Hall–Kier alpha value is -3.04. The Labute approximate surface area is 196 Å². The molecule has 2 aliphatic heterocycles. The van der Waals surface area contributed by atoms with E-state index < -0.39 is 0 Å².